The molecule has 0 aromatic carbocycles. The first-order valence-corrected chi connectivity index (χ1v) is 13.6. The number of carbonyl (C=O) groups is 2. The Kier molecular flexibility index (Phi) is 11.7. The summed E-state index contributed by atoms with van der Waals surface area (Å²) in [6, 6.07) is 0. The summed E-state index contributed by atoms with van der Waals surface area (Å²) in [6.45, 7) is 9.53. The lowest BCUT2D eigenvalue weighted by Crippen LogP contribution is -2.35. The second kappa shape index (κ2) is 13.7. The van der Waals surface area contributed by atoms with Gasteiger partial charge in [0.05, 0.1) is 0 Å². The highest BCUT2D eigenvalue weighted by Gasteiger charge is 2.33. The van der Waals surface area contributed by atoms with Gasteiger partial charge in [0.25, 0.3) is 0 Å². The van der Waals surface area contributed by atoms with E-state index in [0.29, 0.717) is 47.9 Å². The van der Waals surface area contributed by atoms with Crippen molar-refractivity contribution in [2.24, 2.45) is 17.8 Å². The van der Waals surface area contributed by atoms with E-state index in [1.54, 1.807) is 16.7 Å². The van der Waals surface area contributed by atoms with Crippen molar-refractivity contribution in [1.29, 1.82) is 0 Å². The van der Waals surface area contributed by atoms with Gasteiger partial charge in [-0.05, 0) is 62.7 Å². The summed E-state index contributed by atoms with van der Waals surface area (Å²) in [5.74, 6) is 2.56. The minimum absolute atomic E-state index is 0.0554. The number of nitrogens with zero attached hydrogens (tertiary/aromatic N) is 1. The molecule has 1 aliphatic carbocycles. The van der Waals surface area contributed by atoms with Gasteiger partial charge in [-0.15, -0.1) is 0 Å². The van der Waals surface area contributed by atoms with Gasteiger partial charge in [-0.3, -0.25) is 9.69 Å². The fraction of sp³-hybridized carbons (Fsp3) is 0.875. The van der Waals surface area contributed by atoms with Crippen LogP contribution in [0.5, 0.6) is 0 Å². The van der Waals surface area contributed by atoms with Crippen LogP contribution in [-0.2, 0) is 14.3 Å². The van der Waals surface area contributed by atoms with E-state index in [1.807, 2.05) is 0 Å². The summed E-state index contributed by atoms with van der Waals surface area (Å²) < 4.78 is 12.2. The lowest BCUT2D eigenvalue weighted by Gasteiger charge is -2.35. The number of unbranched alkanes of at least 4 members (excludes halogenated alkanes) is 2. The molecule has 0 radical (unpaired) electrons. The molecule has 4 unspecified atom stereocenters. The molecule has 4 atom stereocenters. The fourth-order valence-corrected chi connectivity index (χ4v) is 5.73. The smallest absolute Gasteiger partial charge is 0.431 e. The van der Waals surface area contributed by atoms with E-state index in [9.17, 15) is 9.59 Å². The first-order valence-electron chi connectivity index (χ1n) is 12.2. The third-order valence-corrected chi connectivity index (χ3v) is 8.15. The van der Waals surface area contributed by atoms with E-state index in [4.69, 9.17) is 21.7 Å². The Labute approximate surface area is 198 Å². The number of thioether (sulfide) groups is 1. The molecule has 1 amide bonds. The molecule has 0 bridgehead atoms. The van der Waals surface area contributed by atoms with Crippen molar-refractivity contribution < 1.29 is 19.1 Å². The molecule has 5 nitrogen and oxygen atoms in total. The van der Waals surface area contributed by atoms with Crippen LogP contribution >= 0.6 is 24.0 Å². The van der Waals surface area contributed by atoms with Gasteiger partial charge in [0.2, 0.25) is 5.91 Å². The maximum Gasteiger partial charge on any atom is 0.508 e. The van der Waals surface area contributed by atoms with Gasteiger partial charge >= 0.3 is 6.16 Å². The summed E-state index contributed by atoms with van der Waals surface area (Å²) in [5, 5.41) is 0. The van der Waals surface area contributed by atoms with E-state index in [2.05, 4.69) is 27.7 Å². The first kappa shape index (κ1) is 26.4. The van der Waals surface area contributed by atoms with Crippen molar-refractivity contribution in [1.82, 2.24) is 4.90 Å². The van der Waals surface area contributed by atoms with E-state index in [0.717, 1.165) is 44.3 Å². The average molecular weight is 472 g/mol. The molecule has 2 aliphatic rings. The van der Waals surface area contributed by atoms with Crippen molar-refractivity contribution in [3.63, 3.8) is 0 Å². The molecule has 31 heavy (non-hydrogen) atoms. The molecule has 2 rings (SSSR count). The Morgan fingerprint density at radius 3 is 2.58 bits per heavy atom. The zero-order valence-corrected chi connectivity index (χ0v) is 21.4. The van der Waals surface area contributed by atoms with Crippen LogP contribution in [0.3, 0.4) is 0 Å². The number of ether oxygens (including phenoxy) is 2. The van der Waals surface area contributed by atoms with Gasteiger partial charge in [-0.25, -0.2) is 4.79 Å². The summed E-state index contributed by atoms with van der Waals surface area (Å²) in [6.07, 6.45) is 8.36. The van der Waals surface area contributed by atoms with Crippen LogP contribution in [0.25, 0.3) is 0 Å². The minimum Gasteiger partial charge on any atom is -0.431 e. The van der Waals surface area contributed by atoms with Crippen molar-refractivity contribution in [2.75, 3.05) is 12.3 Å². The van der Waals surface area contributed by atoms with Gasteiger partial charge in [-0.2, -0.15) is 0 Å². The summed E-state index contributed by atoms with van der Waals surface area (Å²) in [7, 11) is 0. The normalized spacial score (nSPS) is 25.0. The van der Waals surface area contributed by atoms with Gasteiger partial charge in [0.1, 0.15) is 16.5 Å². The highest BCUT2D eigenvalue weighted by Crippen LogP contribution is 2.35. The first-order chi connectivity index (χ1) is 14.8. The average Bonchev–Trinajstić information content (AvgIpc) is 3.15. The third kappa shape index (κ3) is 8.91. The van der Waals surface area contributed by atoms with Crippen LogP contribution in [0, 0.1) is 17.8 Å². The molecule has 0 aromatic rings. The quantitative estimate of drug-likeness (QED) is 0.193. The van der Waals surface area contributed by atoms with Crippen molar-refractivity contribution in [3.05, 3.63) is 0 Å². The second-order valence-corrected chi connectivity index (χ2v) is 11.2. The van der Waals surface area contributed by atoms with Gasteiger partial charge < -0.3 is 9.47 Å². The van der Waals surface area contributed by atoms with Crippen LogP contribution in [0.15, 0.2) is 0 Å². The molecule has 0 spiro atoms. The SMILES string of the molecule is CCCCCC(CCCC(=O)N1CCSC1=S)OC(=O)OC1CC(C(C)C)CCC1C. The molecule has 1 heterocycles. The zero-order chi connectivity index (χ0) is 22.8. The number of rotatable bonds is 11. The summed E-state index contributed by atoms with van der Waals surface area (Å²) in [5.41, 5.74) is 0. The largest absolute Gasteiger partial charge is 0.508 e. The molecule has 7 heteroatoms. The lowest BCUT2D eigenvalue weighted by atomic mass is 9.76. The van der Waals surface area contributed by atoms with Crippen LogP contribution < -0.4 is 0 Å². The number of thiocarbonyl (C=S) groups is 1. The molecule has 1 saturated heterocycles. The van der Waals surface area contributed by atoms with E-state index in [-0.39, 0.29) is 18.1 Å². The van der Waals surface area contributed by atoms with E-state index >= 15 is 0 Å². The lowest BCUT2D eigenvalue weighted by molar-refractivity contribution is -0.127. The predicted molar refractivity (Wildman–Crippen MR) is 131 cm³/mol. The molecular weight excluding hydrogens is 430 g/mol. The number of hydrogen-bond acceptors (Lipinski definition) is 6. The Morgan fingerprint density at radius 1 is 1.19 bits per heavy atom. The van der Waals surface area contributed by atoms with E-state index in [1.165, 1.54) is 6.42 Å². The van der Waals surface area contributed by atoms with Crippen LogP contribution in [-0.4, -0.2) is 45.8 Å². The molecule has 0 aromatic heterocycles. The second-order valence-electron chi connectivity index (χ2n) is 9.49. The predicted octanol–water partition coefficient (Wildman–Crippen LogP) is 6.58. The molecule has 0 N–H and O–H groups in total. The van der Waals surface area contributed by atoms with Crippen LogP contribution in [0.2, 0.25) is 0 Å². The summed E-state index contributed by atoms with van der Waals surface area (Å²) in [4.78, 5) is 26.7. The fourth-order valence-electron chi connectivity index (χ4n) is 4.49. The Balaban J connectivity index is 1.81. The molecular formula is C24H41NO4S2. The highest BCUT2D eigenvalue weighted by molar-refractivity contribution is 8.23. The van der Waals surface area contributed by atoms with Crippen LogP contribution in [0.4, 0.5) is 4.79 Å². The molecule has 1 aliphatic heterocycles. The number of hydrogen-bond donors (Lipinski definition) is 0. The topological polar surface area (TPSA) is 55.8 Å². The number of amides is 1. The Bertz CT molecular complexity index is 598. The Hall–Kier alpha value is -0.820. The van der Waals surface area contributed by atoms with Gasteiger partial charge in [0, 0.05) is 18.7 Å². The molecule has 178 valence electrons. The maximum atomic E-state index is 12.6. The van der Waals surface area contributed by atoms with Crippen molar-refractivity contribution in [2.45, 2.75) is 104 Å². The van der Waals surface area contributed by atoms with Gasteiger partial charge in [-0.1, -0.05) is 64.5 Å². The monoisotopic (exact) mass is 471 g/mol. The third-order valence-electron chi connectivity index (χ3n) is 6.72. The Morgan fingerprint density at radius 2 is 1.94 bits per heavy atom. The maximum absolute atomic E-state index is 12.6. The zero-order valence-electron chi connectivity index (χ0n) is 19.8. The van der Waals surface area contributed by atoms with E-state index < -0.39 is 6.16 Å². The van der Waals surface area contributed by atoms with Crippen molar-refractivity contribution >= 4 is 40.4 Å². The van der Waals surface area contributed by atoms with Gasteiger partial charge in [0.15, 0.2) is 0 Å². The standard InChI is InChI=1S/C24H41NO4S2/c1-5-6-7-9-20(10-8-11-22(26)25-14-15-31-23(25)30)28-24(27)29-21-16-19(17(2)3)13-12-18(21)4/h17-21H,5-16H2,1-4H3. The highest BCUT2D eigenvalue weighted by atomic mass is 32.2. The molecule has 2 fully saturated rings. The summed E-state index contributed by atoms with van der Waals surface area (Å²) >= 11 is 6.80. The molecule has 1 saturated carbocycles. The minimum atomic E-state index is -0.536. The van der Waals surface area contributed by atoms with Crippen LogP contribution in [0.1, 0.15) is 91.9 Å². The number of carbonyl (C=O) groups excluding carboxylic acids is 2. The van der Waals surface area contributed by atoms with Crippen molar-refractivity contribution in [3.8, 4) is 0 Å².